The molecule has 0 bridgehead atoms. The highest BCUT2D eigenvalue weighted by Gasteiger charge is 2.22. The zero-order valence-electron chi connectivity index (χ0n) is 14.9. The second-order valence-corrected chi connectivity index (χ2v) is 7.52. The average Bonchev–Trinajstić information content (AvgIpc) is 3.19. The van der Waals surface area contributed by atoms with Gasteiger partial charge in [-0.1, -0.05) is 36.3 Å². The van der Waals surface area contributed by atoms with Gasteiger partial charge in [0.1, 0.15) is 10.6 Å². The number of nitrogens with one attached hydrogen (secondary N) is 1. The number of ether oxygens (including phenoxy) is 1. The molecule has 26 heavy (non-hydrogen) atoms. The van der Waals surface area contributed by atoms with E-state index >= 15 is 0 Å². The standard InChI is InChI=1S/C19H22N2O4S/c1-12-17(18(23)20-15-5-3-4-6-15)26-19(24)21(12)11-14-7-9-16(10-8-14)25-13(2)22/h7-10,15H,3-6,11H2,1-2H3,(H,20,23). The van der Waals surface area contributed by atoms with Gasteiger partial charge in [0, 0.05) is 18.7 Å². The van der Waals surface area contributed by atoms with Gasteiger partial charge in [-0.15, -0.1) is 0 Å². The molecule has 0 atom stereocenters. The van der Waals surface area contributed by atoms with Crippen molar-refractivity contribution in [2.24, 2.45) is 0 Å². The van der Waals surface area contributed by atoms with E-state index in [0.717, 1.165) is 42.6 Å². The van der Waals surface area contributed by atoms with Gasteiger partial charge in [0.25, 0.3) is 5.91 Å². The van der Waals surface area contributed by atoms with Crippen molar-refractivity contribution >= 4 is 23.2 Å². The van der Waals surface area contributed by atoms with Crippen molar-refractivity contribution in [3.8, 4) is 5.75 Å². The summed E-state index contributed by atoms with van der Waals surface area (Å²) < 4.78 is 6.61. The summed E-state index contributed by atoms with van der Waals surface area (Å²) in [6, 6.07) is 7.22. The zero-order valence-corrected chi connectivity index (χ0v) is 15.7. The second kappa shape index (κ2) is 7.86. The summed E-state index contributed by atoms with van der Waals surface area (Å²) in [5.74, 6) is -0.0618. The van der Waals surface area contributed by atoms with Gasteiger partial charge in [-0.2, -0.15) is 0 Å². The fourth-order valence-corrected chi connectivity index (χ4v) is 4.10. The highest BCUT2D eigenvalue weighted by molar-refractivity contribution is 7.11. The molecule has 1 N–H and O–H groups in total. The van der Waals surface area contributed by atoms with Crippen LogP contribution >= 0.6 is 11.3 Å². The fraction of sp³-hybridized carbons (Fsp3) is 0.421. The number of carbonyl (C=O) groups excluding carboxylic acids is 2. The number of thiazole rings is 1. The van der Waals surface area contributed by atoms with E-state index in [1.165, 1.54) is 6.92 Å². The van der Waals surface area contributed by atoms with E-state index in [4.69, 9.17) is 4.74 Å². The number of benzene rings is 1. The minimum atomic E-state index is -0.374. The first kappa shape index (κ1) is 18.4. The van der Waals surface area contributed by atoms with Gasteiger partial charge in [-0.3, -0.25) is 19.0 Å². The number of carbonyl (C=O) groups is 2. The first-order valence-corrected chi connectivity index (χ1v) is 9.54. The molecule has 0 aliphatic heterocycles. The predicted molar refractivity (Wildman–Crippen MR) is 99.9 cm³/mol. The molecule has 1 aliphatic rings. The highest BCUT2D eigenvalue weighted by atomic mass is 32.1. The molecular weight excluding hydrogens is 352 g/mol. The van der Waals surface area contributed by atoms with Crippen LogP contribution in [0.15, 0.2) is 29.1 Å². The number of aromatic nitrogens is 1. The van der Waals surface area contributed by atoms with Crippen LogP contribution in [0.2, 0.25) is 0 Å². The molecule has 2 aromatic rings. The third kappa shape index (κ3) is 4.22. The van der Waals surface area contributed by atoms with Crippen molar-refractivity contribution in [3.63, 3.8) is 0 Å². The Morgan fingerprint density at radius 2 is 1.88 bits per heavy atom. The molecule has 1 saturated carbocycles. The van der Waals surface area contributed by atoms with Crippen molar-refractivity contribution in [2.75, 3.05) is 0 Å². The Morgan fingerprint density at radius 1 is 1.23 bits per heavy atom. The summed E-state index contributed by atoms with van der Waals surface area (Å²) in [7, 11) is 0. The molecular formula is C19H22N2O4S. The topological polar surface area (TPSA) is 77.4 Å². The van der Waals surface area contributed by atoms with Crippen LogP contribution in [0.1, 0.15) is 53.5 Å². The van der Waals surface area contributed by atoms with Crippen LogP contribution in [0.3, 0.4) is 0 Å². The summed E-state index contributed by atoms with van der Waals surface area (Å²) in [5, 5.41) is 3.04. The molecule has 3 rings (SSSR count). The molecule has 1 amide bonds. The average molecular weight is 374 g/mol. The number of hydrogen-bond donors (Lipinski definition) is 1. The van der Waals surface area contributed by atoms with Gasteiger partial charge in [0.2, 0.25) is 0 Å². The van der Waals surface area contributed by atoms with E-state index in [9.17, 15) is 14.4 Å². The minimum Gasteiger partial charge on any atom is -0.427 e. The van der Waals surface area contributed by atoms with Crippen molar-refractivity contribution in [3.05, 3.63) is 50.1 Å². The quantitative estimate of drug-likeness (QED) is 0.645. The summed E-state index contributed by atoms with van der Waals surface area (Å²) >= 11 is 0.989. The predicted octanol–water partition coefficient (Wildman–Crippen LogP) is 2.86. The first-order valence-electron chi connectivity index (χ1n) is 8.72. The maximum absolute atomic E-state index is 12.5. The monoisotopic (exact) mass is 374 g/mol. The van der Waals surface area contributed by atoms with Crippen molar-refractivity contribution in [1.29, 1.82) is 0 Å². The Morgan fingerprint density at radius 3 is 2.50 bits per heavy atom. The lowest BCUT2D eigenvalue weighted by molar-refractivity contribution is -0.131. The van der Waals surface area contributed by atoms with Gasteiger partial charge < -0.3 is 10.1 Å². The molecule has 0 radical (unpaired) electrons. The number of esters is 1. The molecule has 0 saturated heterocycles. The Bertz CT molecular complexity index is 861. The molecule has 1 fully saturated rings. The molecule has 1 aromatic carbocycles. The molecule has 0 unspecified atom stereocenters. The Hall–Kier alpha value is -2.41. The molecule has 1 aromatic heterocycles. The fourth-order valence-electron chi connectivity index (χ4n) is 3.20. The Kier molecular flexibility index (Phi) is 5.56. The summed E-state index contributed by atoms with van der Waals surface area (Å²) in [5.41, 5.74) is 1.58. The van der Waals surface area contributed by atoms with Crippen LogP contribution in [0, 0.1) is 6.92 Å². The van der Waals surface area contributed by atoms with E-state index in [-0.39, 0.29) is 22.8 Å². The Balaban J connectivity index is 1.74. The van der Waals surface area contributed by atoms with E-state index in [1.54, 1.807) is 35.8 Å². The molecule has 138 valence electrons. The normalized spacial score (nSPS) is 14.4. The maximum Gasteiger partial charge on any atom is 0.308 e. The van der Waals surface area contributed by atoms with Crippen molar-refractivity contribution in [1.82, 2.24) is 9.88 Å². The van der Waals surface area contributed by atoms with Gasteiger partial charge in [-0.05, 0) is 37.5 Å². The lowest BCUT2D eigenvalue weighted by Crippen LogP contribution is -2.32. The van der Waals surface area contributed by atoms with Crippen LogP contribution in [0.4, 0.5) is 0 Å². The van der Waals surface area contributed by atoms with Crippen LogP contribution in [-0.4, -0.2) is 22.5 Å². The molecule has 1 heterocycles. The van der Waals surface area contributed by atoms with Crippen LogP contribution < -0.4 is 14.9 Å². The van der Waals surface area contributed by atoms with E-state index < -0.39 is 0 Å². The Labute approximate surface area is 155 Å². The number of hydrogen-bond acceptors (Lipinski definition) is 5. The van der Waals surface area contributed by atoms with E-state index in [0.29, 0.717) is 22.9 Å². The summed E-state index contributed by atoms with van der Waals surface area (Å²) in [4.78, 5) is 36.1. The number of amides is 1. The lowest BCUT2D eigenvalue weighted by Gasteiger charge is -2.11. The molecule has 7 heteroatoms. The molecule has 1 aliphatic carbocycles. The third-order valence-corrected chi connectivity index (χ3v) is 5.65. The van der Waals surface area contributed by atoms with E-state index in [2.05, 4.69) is 5.32 Å². The first-order chi connectivity index (χ1) is 12.4. The van der Waals surface area contributed by atoms with Gasteiger partial charge in [0.15, 0.2) is 0 Å². The number of nitrogens with zero attached hydrogens (tertiary/aromatic N) is 1. The van der Waals surface area contributed by atoms with Gasteiger partial charge in [-0.25, -0.2) is 0 Å². The molecule has 0 spiro atoms. The second-order valence-electron chi connectivity index (χ2n) is 6.56. The molecule has 6 nitrogen and oxygen atoms in total. The SMILES string of the molecule is CC(=O)Oc1ccc(Cn2c(C)c(C(=O)NC3CCCC3)sc2=O)cc1. The largest absolute Gasteiger partial charge is 0.427 e. The van der Waals surface area contributed by atoms with E-state index in [1.807, 2.05) is 0 Å². The van der Waals surface area contributed by atoms with Crippen LogP contribution in [-0.2, 0) is 11.3 Å². The zero-order chi connectivity index (χ0) is 18.7. The van der Waals surface area contributed by atoms with Crippen LogP contribution in [0.5, 0.6) is 5.75 Å². The summed E-state index contributed by atoms with van der Waals surface area (Å²) in [6.45, 7) is 3.52. The lowest BCUT2D eigenvalue weighted by atomic mass is 10.2. The maximum atomic E-state index is 12.5. The van der Waals surface area contributed by atoms with Gasteiger partial charge in [0.05, 0.1) is 6.54 Å². The van der Waals surface area contributed by atoms with Crippen LogP contribution in [0.25, 0.3) is 0 Å². The smallest absolute Gasteiger partial charge is 0.308 e. The van der Waals surface area contributed by atoms with Crippen molar-refractivity contribution in [2.45, 2.75) is 52.1 Å². The third-order valence-electron chi connectivity index (χ3n) is 4.57. The highest BCUT2D eigenvalue weighted by Crippen LogP contribution is 2.20. The number of rotatable bonds is 5. The van der Waals surface area contributed by atoms with Crippen molar-refractivity contribution < 1.29 is 14.3 Å². The minimum absolute atomic E-state index is 0.150. The summed E-state index contributed by atoms with van der Waals surface area (Å²) in [6.07, 6.45) is 4.30. The van der Waals surface area contributed by atoms with Gasteiger partial charge >= 0.3 is 10.8 Å².